The van der Waals surface area contributed by atoms with E-state index < -0.39 is 0 Å². The molecular weight excluding hydrogens is 366 g/mol. The lowest BCUT2D eigenvalue weighted by molar-refractivity contribution is 0.0693. The van der Waals surface area contributed by atoms with Gasteiger partial charge in [-0.25, -0.2) is 0 Å². The van der Waals surface area contributed by atoms with Crippen LogP contribution in [0.4, 0.5) is 0 Å². The largest absolute Gasteiger partial charge is 0.496 e. The first-order chi connectivity index (χ1) is 14.0. The fourth-order valence-electron chi connectivity index (χ4n) is 3.54. The number of ether oxygens (including phenoxy) is 3. The molecule has 0 aromatic heterocycles. The van der Waals surface area contributed by atoms with Crippen LogP contribution in [-0.4, -0.2) is 38.9 Å². The number of nitrogens with one attached hydrogen (secondary N) is 2. The van der Waals surface area contributed by atoms with Crippen molar-refractivity contribution in [3.63, 3.8) is 0 Å². The zero-order chi connectivity index (χ0) is 20.7. The highest BCUT2D eigenvalue weighted by molar-refractivity contribution is 5.80. The Morgan fingerprint density at radius 1 is 1.17 bits per heavy atom. The molecular formula is C23H31N3O3. The van der Waals surface area contributed by atoms with Gasteiger partial charge < -0.3 is 24.8 Å². The van der Waals surface area contributed by atoms with Gasteiger partial charge in [-0.2, -0.15) is 0 Å². The third kappa shape index (κ3) is 5.64. The van der Waals surface area contributed by atoms with Crippen LogP contribution in [0.15, 0.2) is 53.5 Å². The molecule has 29 heavy (non-hydrogen) atoms. The molecule has 0 saturated heterocycles. The molecule has 1 aliphatic rings. The molecule has 2 aromatic carbocycles. The molecule has 0 fully saturated rings. The maximum Gasteiger partial charge on any atom is 0.191 e. The molecule has 0 aliphatic carbocycles. The van der Waals surface area contributed by atoms with Gasteiger partial charge in [0.1, 0.15) is 17.1 Å². The Morgan fingerprint density at radius 2 is 1.93 bits per heavy atom. The van der Waals surface area contributed by atoms with Crippen molar-refractivity contribution in [3.8, 4) is 11.5 Å². The van der Waals surface area contributed by atoms with Gasteiger partial charge in [0, 0.05) is 31.1 Å². The topological polar surface area (TPSA) is 64.1 Å². The lowest BCUT2D eigenvalue weighted by atomic mass is 9.90. The Kier molecular flexibility index (Phi) is 6.99. The predicted molar refractivity (Wildman–Crippen MR) is 116 cm³/mol. The van der Waals surface area contributed by atoms with Crippen molar-refractivity contribution < 1.29 is 14.2 Å². The van der Waals surface area contributed by atoms with Gasteiger partial charge in [-0.3, -0.25) is 4.99 Å². The minimum Gasteiger partial charge on any atom is -0.496 e. The Bertz CT molecular complexity index is 836. The summed E-state index contributed by atoms with van der Waals surface area (Å²) >= 11 is 0. The molecule has 1 unspecified atom stereocenters. The second-order valence-electron chi connectivity index (χ2n) is 7.66. The molecule has 1 aliphatic heterocycles. The van der Waals surface area contributed by atoms with Crippen molar-refractivity contribution in [1.29, 1.82) is 0 Å². The fraction of sp³-hybridized carbons (Fsp3) is 0.435. The molecule has 2 aromatic rings. The van der Waals surface area contributed by atoms with E-state index >= 15 is 0 Å². The summed E-state index contributed by atoms with van der Waals surface area (Å²) < 4.78 is 17.3. The normalized spacial score (nSPS) is 17.8. The Morgan fingerprint density at radius 3 is 2.72 bits per heavy atom. The second-order valence-corrected chi connectivity index (χ2v) is 7.66. The maximum absolute atomic E-state index is 6.11. The SMILES string of the molecule is CN=C(NCCOCc1ccccc1OC)NC1CC(C)(C)Oc2ccccc21. The number of hydrogen-bond donors (Lipinski definition) is 2. The molecule has 2 N–H and O–H groups in total. The molecule has 0 bridgehead atoms. The van der Waals surface area contributed by atoms with Crippen LogP contribution in [0.2, 0.25) is 0 Å². The summed E-state index contributed by atoms with van der Waals surface area (Å²) in [4.78, 5) is 4.36. The van der Waals surface area contributed by atoms with Gasteiger partial charge in [0.2, 0.25) is 0 Å². The van der Waals surface area contributed by atoms with E-state index in [1.165, 1.54) is 0 Å². The number of benzene rings is 2. The molecule has 0 saturated carbocycles. The van der Waals surface area contributed by atoms with Crippen LogP contribution in [0.1, 0.15) is 37.4 Å². The molecule has 1 heterocycles. The number of rotatable bonds is 7. The van der Waals surface area contributed by atoms with Crippen molar-refractivity contribution in [1.82, 2.24) is 10.6 Å². The van der Waals surface area contributed by atoms with Gasteiger partial charge in [0.25, 0.3) is 0 Å². The van der Waals surface area contributed by atoms with Crippen LogP contribution < -0.4 is 20.1 Å². The number of aliphatic imine (C=N–C) groups is 1. The third-order valence-electron chi connectivity index (χ3n) is 4.90. The van der Waals surface area contributed by atoms with Crippen molar-refractivity contribution >= 4 is 5.96 Å². The van der Waals surface area contributed by atoms with Crippen LogP contribution in [-0.2, 0) is 11.3 Å². The molecule has 6 nitrogen and oxygen atoms in total. The molecule has 0 amide bonds. The van der Waals surface area contributed by atoms with Gasteiger partial charge in [0.05, 0.1) is 26.4 Å². The van der Waals surface area contributed by atoms with Gasteiger partial charge in [-0.1, -0.05) is 36.4 Å². The summed E-state index contributed by atoms with van der Waals surface area (Å²) in [6.45, 7) is 5.95. The Balaban J connectivity index is 1.50. The van der Waals surface area contributed by atoms with E-state index in [9.17, 15) is 0 Å². The van der Waals surface area contributed by atoms with Gasteiger partial charge in [0.15, 0.2) is 5.96 Å². The summed E-state index contributed by atoms with van der Waals surface area (Å²) in [6.07, 6.45) is 0.856. The number of para-hydroxylation sites is 2. The minimum atomic E-state index is -0.233. The molecule has 0 radical (unpaired) electrons. The predicted octanol–water partition coefficient (Wildman–Crippen LogP) is 3.68. The van der Waals surface area contributed by atoms with Crippen LogP contribution in [0.25, 0.3) is 0 Å². The van der Waals surface area contributed by atoms with E-state index in [0.29, 0.717) is 19.8 Å². The van der Waals surface area contributed by atoms with E-state index in [0.717, 1.165) is 35.0 Å². The highest BCUT2D eigenvalue weighted by atomic mass is 16.5. The van der Waals surface area contributed by atoms with Crippen LogP contribution >= 0.6 is 0 Å². The first-order valence-corrected chi connectivity index (χ1v) is 9.97. The summed E-state index contributed by atoms with van der Waals surface area (Å²) in [7, 11) is 3.45. The first kappa shape index (κ1) is 21.0. The van der Waals surface area contributed by atoms with Crippen LogP contribution in [0, 0.1) is 0 Å². The highest BCUT2D eigenvalue weighted by Crippen LogP contribution is 2.39. The quantitative estimate of drug-likeness (QED) is 0.424. The highest BCUT2D eigenvalue weighted by Gasteiger charge is 2.33. The fourth-order valence-corrected chi connectivity index (χ4v) is 3.54. The van der Waals surface area contributed by atoms with Gasteiger partial charge >= 0.3 is 0 Å². The second kappa shape index (κ2) is 9.65. The standard InChI is InChI=1S/C23H31N3O3/c1-23(2)15-19(18-10-6-8-12-21(18)29-23)26-22(24-3)25-13-14-28-16-17-9-5-7-11-20(17)27-4/h5-12,19H,13-16H2,1-4H3,(H2,24,25,26). The average molecular weight is 398 g/mol. The lowest BCUT2D eigenvalue weighted by Crippen LogP contribution is -2.45. The van der Waals surface area contributed by atoms with E-state index in [4.69, 9.17) is 14.2 Å². The summed E-state index contributed by atoms with van der Waals surface area (Å²) in [5.74, 6) is 2.53. The smallest absolute Gasteiger partial charge is 0.191 e. The van der Waals surface area contributed by atoms with Gasteiger partial charge in [-0.15, -0.1) is 0 Å². The zero-order valence-corrected chi connectivity index (χ0v) is 17.7. The maximum atomic E-state index is 6.11. The van der Waals surface area contributed by atoms with Crippen molar-refractivity contribution in [2.45, 2.75) is 38.5 Å². The lowest BCUT2D eigenvalue weighted by Gasteiger charge is -2.38. The monoisotopic (exact) mass is 397 g/mol. The third-order valence-corrected chi connectivity index (χ3v) is 4.90. The van der Waals surface area contributed by atoms with E-state index in [-0.39, 0.29) is 11.6 Å². The van der Waals surface area contributed by atoms with E-state index in [1.807, 2.05) is 42.5 Å². The molecule has 0 spiro atoms. The number of guanidine groups is 1. The number of hydrogen-bond acceptors (Lipinski definition) is 4. The number of methoxy groups -OCH3 is 1. The van der Waals surface area contributed by atoms with E-state index in [1.54, 1.807) is 14.2 Å². The first-order valence-electron chi connectivity index (χ1n) is 9.97. The van der Waals surface area contributed by atoms with Gasteiger partial charge in [-0.05, 0) is 26.0 Å². The number of fused-ring (bicyclic) bond motifs is 1. The zero-order valence-electron chi connectivity index (χ0n) is 17.7. The Hall–Kier alpha value is -2.73. The Labute approximate surface area is 173 Å². The molecule has 156 valence electrons. The van der Waals surface area contributed by atoms with E-state index in [2.05, 4.69) is 35.5 Å². The van der Waals surface area contributed by atoms with Crippen LogP contribution in [0.3, 0.4) is 0 Å². The van der Waals surface area contributed by atoms with Crippen molar-refractivity contribution in [2.75, 3.05) is 27.3 Å². The summed E-state index contributed by atoms with van der Waals surface area (Å²) in [5.41, 5.74) is 1.96. The summed E-state index contributed by atoms with van der Waals surface area (Å²) in [5, 5.41) is 6.86. The average Bonchev–Trinajstić information content (AvgIpc) is 2.72. The molecule has 3 rings (SSSR count). The van der Waals surface area contributed by atoms with Crippen molar-refractivity contribution in [3.05, 3.63) is 59.7 Å². The molecule has 1 atom stereocenters. The molecule has 6 heteroatoms. The summed E-state index contributed by atoms with van der Waals surface area (Å²) in [6, 6.07) is 16.2. The van der Waals surface area contributed by atoms with Crippen LogP contribution in [0.5, 0.6) is 11.5 Å². The number of nitrogens with zero attached hydrogens (tertiary/aromatic N) is 1. The van der Waals surface area contributed by atoms with Crippen molar-refractivity contribution in [2.24, 2.45) is 4.99 Å². The minimum absolute atomic E-state index is 0.135.